The maximum atomic E-state index is 5.31. The van der Waals surface area contributed by atoms with Gasteiger partial charge >= 0.3 is 0 Å². The first kappa shape index (κ1) is 14.2. The second-order valence-electron chi connectivity index (χ2n) is 4.40. The average Bonchev–Trinajstić information content (AvgIpc) is 2.90. The molecule has 10 heteroatoms. The van der Waals surface area contributed by atoms with E-state index in [0.29, 0.717) is 5.16 Å². The molecule has 0 spiro atoms. The predicted molar refractivity (Wildman–Crippen MR) is 82.6 cm³/mol. The van der Waals surface area contributed by atoms with Crippen molar-refractivity contribution in [1.82, 2.24) is 30.0 Å². The van der Waals surface area contributed by atoms with Gasteiger partial charge in [-0.15, -0.1) is 25.5 Å². The van der Waals surface area contributed by atoms with E-state index in [1.165, 1.54) is 21.8 Å². The van der Waals surface area contributed by atoms with Crippen LogP contribution in [0.2, 0.25) is 0 Å². The van der Waals surface area contributed by atoms with Crippen molar-refractivity contribution in [3.05, 3.63) is 35.9 Å². The molecule has 3 aromatic rings. The zero-order chi connectivity index (χ0) is 15.5. The third kappa shape index (κ3) is 2.96. The van der Waals surface area contributed by atoms with E-state index in [1.807, 2.05) is 18.2 Å². The SMILES string of the molecule is CC(Sc1nnc2nnc(N=C(N)N)nn12)c1ccccc1. The Bertz CT molecular complexity index is 810. The van der Waals surface area contributed by atoms with Crippen molar-refractivity contribution in [3.63, 3.8) is 0 Å². The Morgan fingerprint density at radius 2 is 1.86 bits per heavy atom. The lowest BCUT2D eigenvalue weighted by Gasteiger charge is -2.09. The Labute approximate surface area is 129 Å². The number of aromatic nitrogens is 6. The maximum absolute atomic E-state index is 5.31. The molecule has 0 saturated carbocycles. The van der Waals surface area contributed by atoms with Crippen LogP contribution < -0.4 is 11.5 Å². The summed E-state index contributed by atoms with van der Waals surface area (Å²) in [5.41, 5.74) is 11.8. The smallest absolute Gasteiger partial charge is 0.291 e. The van der Waals surface area contributed by atoms with Gasteiger partial charge in [-0.25, -0.2) is 0 Å². The van der Waals surface area contributed by atoms with Crippen molar-refractivity contribution >= 4 is 29.4 Å². The van der Waals surface area contributed by atoms with Gasteiger partial charge in [-0.1, -0.05) is 42.1 Å². The third-order valence-electron chi connectivity index (χ3n) is 2.79. The van der Waals surface area contributed by atoms with Crippen LogP contribution in [0.4, 0.5) is 5.95 Å². The molecular weight excluding hydrogens is 302 g/mol. The normalized spacial score (nSPS) is 12.2. The van der Waals surface area contributed by atoms with Crippen molar-refractivity contribution < 1.29 is 0 Å². The van der Waals surface area contributed by atoms with Crippen molar-refractivity contribution in [2.24, 2.45) is 16.5 Å². The standard InChI is InChI=1S/C12H13N9S/c1-7(8-5-3-2-4-6-8)22-12-19-18-11-17-16-10(15-9(13)14)20-21(11)12/h2-7H,1H3,(H4,13,14,15,20). The average molecular weight is 315 g/mol. The Morgan fingerprint density at radius 1 is 1.14 bits per heavy atom. The van der Waals surface area contributed by atoms with Gasteiger partial charge in [0.1, 0.15) is 0 Å². The summed E-state index contributed by atoms with van der Waals surface area (Å²) in [5, 5.41) is 20.6. The summed E-state index contributed by atoms with van der Waals surface area (Å²) in [4.78, 5) is 3.77. The second kappa shape index (κ2) is 5.93. The van der Waals surface area contributed by atoms with E-state index in [2.05, 4.69) is 49.5 Å². The molecule has 1 atom stereocenters. The molecule has 1 unspecified atom stereocenters. The number of nitrogens with zero attached hydrogens (tertiary/aromatic N) is 7. The molecule has 22 heavy (non-hydrogen) atoms. The highest BCUT2D eigenvalue weighted by Crippen LogP contribution is 2.33. The van der Waals surface area contributed by atoms with Crippen LogP contribution in [0.5, 0.6) is 0 Å². The first-order valence-corrected chi connectivity index (χ1v) is 7.29. The number of rotatable bonds is 4. The van der Waals surface area contributed by atoms with Gasteiger partial charge in [0.15, 0.2) is 5.96 Å². The topological polar surface area (TPSA) is 133 Å². The number of fused-ring (bicyclic) bond motifs is 1. The zero-order valence-electron chi connectivity index (χ0n) is 11.7. The fraction of sp³-hybridized carbons (Fsp3) is 0.167. The minimum atomic E-state index is -0.138. The first-order valence-electron chi connectivity index (χ1n) is 6.41. The number of thioether (sulfide) groups is 1. The van der Waals surface area contributed by atoms with Gasteiger partial charge in [0, 0.05) is 5.25 Å². The van der Waals surface area contributed by atoms with Gasteiger partial charge in [0.25, 0.3) is 11.7 Å². The molecule has 3 rings (SSSR count). The molecule has 4 N–H and O–H groups in total. The molecule has 0 aliphatic carbocycles. The van der Waals surface area contributed by atoms with Gasteiger partial charge in [-0.3, -0.25) is 0 Å². The zero-order valence-corrected chi connectivity index (χ0v) is 12.5. The number of nitrogens with two attached hydrogens (primary N) is 2. The van der Waals surface area contributed by atoms with Crippen LogP contribution in [0.15, 0.2) is 40.5 Å². The molecule has 2 aromatic heterocycles. The molecule has 2 heterocycles. The predicted octanol–water partition coefficient (Wildman–Crippen LogP) is 0.672. The van der Waals surface area contributed by atoms with Crippen LogP contribution in [0.1, 0.15) is 17.7 Å². The quantitative estimate of drug-likeness (QED) is 0.408. The number of hydrogen-bond acceptors (Lipinski definition) is 7. The highest BCUT2D eigenvalue weighted by atomic mass is 32.2. The summed E-state index contributed by atoms with van der Waals surface area (Å²) in [5.74, 6) is 0.208. The fourth-order valence-corrected chi connectivity index (χ4v) is 2.71. The summed E-state index contributed by atoms with van der Waals surface area (Å²) in [6.45, 7) is 2.08. The summed E-state index contributed by atoms with van der Waals surface area (Å²) in [7, 11) is 0. The summed E-state index contributed by atoms with van der Waals surface area (Å²) in [6.07, 6.45) is 0. The molecule has 0 bridgehead atoms. The van der Waals surface area contributed by atoms with Crippen LogP contribution in [0, 0.1) is 0 Å². The fourth-order valence-electron chi connectivity index (χ4n) is 1.79. The highest BCUT2D eigenvalue weighted by molar-refractivity contribution is 7.99. The molecule has 9 nitrogen and oxygen atoms in total. The van der Waals surface area contributed by atoms with Crippen LogP contribution >= 0.6 is 11.8 Å². The summed E-state index contributed by atoms with van der Waals surface area (Å²) >= 11 is 1.51. The lowest BCUT2D eigenvalue weighted by atomic mass is 10.2. The number of guanidine groups is 1. The Hall–Kier alpha value is -2.75. The van der Waals surface area contributed by atoms with Crippen LogP contribution in [0.25, 0.3) is 5.78 Å². The van der Waals surface area contributed by atoms with Crippen LogP contribution in [0.3, 0.4) is 0 Å². The molecule has 0 amide bonds. The van der Waals surface area contributed by atoms with Gasteiger partial charge in [-0.2, -0.15) is 9.51 Å². The van der Waals surface area contributed by atoms with Crippen LogP contribution in [-0.4, -0.2) is 36.0 Å². The molecule has 0 aliphatic heterocycles. The Balaban J connectivity index is 1.92. The van der Waals surface area contributed by atoms with Gasteiger partial charge in [0.2, 0.25) is 5.16 Å². The summed E-state index contributed by atoms with van der Waals surface area (Å²) in [6, 6.07) is 10.1. The van der Waals surface area contributed by atoms with Crippen LogP contribution in [-0.2, 0) is 0 Å². The molecular formula is C12H13N9S. The minimum absolute atomic E-state index is 0.0570. The van der Waals surface area contributed by atoms with Crippen molar-refractivity contribution in [1.29, 1.82) is 0 Å². The summed E-state index contributed by atoms with van der Waals surface area (Å²) < 4.78 is 1.47. The monoisotopic (exact) mass is 315 g/mol. The third-order valence-corrected chi connectivity index (χ3v) is 3.89. The largest absolute Gasteiger partial charge is 0.370 e. The van der Waals surface area contributed by atoms with E-state index in [9.17, 15) is 0 Å². The van der Waals surface area contributed by atoms with Crippen molar-refractivity contribution in [2.75, 3.05) is 0 Å². The number of aliphatic imine (C=N–C) groups is 1. The van der Waals surface area contributed by atoms with E-state index >= 15 is 0 Å². The number of hydrogen-bond donors (Lipinski definition) is 2. The maximum Gasteiger partial charge on any atom is 0.291 e. The lowest BCUT2D eigenvalue weighted by molar-refractivity contribution is 0.761. The van der Waals surface area contributed by atoms with Crippen molar-refractivity contribution in [3.8, 4) is 0 Å². The molecule has 0 aliphatic rings. The lowest BCUT2D eigenvalue weighted by Crippen LogP contribution is -2.22. The van der Waals surface area contributed by atoms with E-state index in [0.717, 1.165) is 0 Å². The molecule has 0 saturated heterocycles. The van der Waals surface area contributed by atoms with Gasteiger partial charge in [-0.05, 0) is 12.5 Å². The molecule has 112 valence electrons. The second-order valence-corrected chi connectivity index (χ2v) is 5.71. The number of benzene rings is 1. The van der Waals surface area contributed by atoms with Crippen molar-refractivity contribution in [2.45, 2.75) is 17.3 Å². The Kier molecular flexibility index (Phi) is 3.83. The molecule has 0 radical (unpaired) electrons. The minimum Gasteiger partial charge on any atom is -0.370 e. The Morgan fingerprint density at radius 3 is 2.59 bits per heavy atom. The molecule has 1 aromatic carbocycles. The molecule has 0 fully saturated rings. The highest BCUT2D eigenvalue weighted by Gasteiger charge is 2.15. The van der Waals surface area contributed by atoms with E-state index in [1.54, 1.807) is 0 Å². The van der Waals surface area contributed by atoms with Gasteiger partial charge < -0.3 is 11.5 Å². The first-order chi connectivity index (χ1) is 10.6. The van der Waals surface area contributed by atoms with E-state index in [-0.39, 0.29) is 22.9 Å². The van der Waals surface area contributed by atoms with E-state index < -0.39 is 0 Å². The van der Waals surface area contributed by atoms with Gasteiger partial charge in [0.05, 0.1) is 0 Å². The van der Waals surface area contributed by atoms with E-state index in [4.69, 9.17) is 11.5 Å².